The minimum absolute atomic E-state index is 0.0678. The Kier molecular flexibility index (Phi) is 6.63. The van der Waals surface area contributed by atoms with Gasteiger partial charge in [-0.2, -0.15) is 0 Å². The molecule has 1 N–H and O–H groups in total. The SMILES string of the molecule is CN(C(=O)C1CC1)c1ccccc1C(=O)NCCCCOc1ccc(F)cc1. The number of anilines is 1. The number of carbonyl (C=O) groups excluding carboxylic acids is 2. The van der Waals surface area contributed by atoms with Gasteiger partial charge in [-0.05, 0) is 62.1 Å². The Balaban J connectivity index is 1.43. The summed E-state index contributed by atoms with van der Waals surface area (Å²) in [4.78, 5) is 26.4. The second kappa shape index (κ2) is 9.35. The average Bonchev–Trinajstić information content (AvgIpc) is 3.56. The van der Waals surface area contributed by atoms with E-state index >= 15 is 0 Å². The molecule has 2 aromatic rings. The molecule has 0 heterocycles. The van der Waals surface area contributed by atoms with Crippen LogP contribution in [-0.2, 0) is 4.79 Å². The number of ether oxygens (including phenoxy) is 1. The first-order valence-corrected chi connectivity index (χ1v) is 9.59. The monoisotopic (exact) mass is 384 g/mol. The Labute approximate surface area is 164 Å². The highest BCUT2D eigenvalue weighted by Gasteiger charge is 2.33. The van der Waals surface area contributed by atoms with E-state index in [2.05, 4.69) is 5.32 Å². The molecule has 0 unspecified atom stereocenters. The van der Waals surface area contributed by atoms with Crippen LogP contribution in [0, 0.1) is 11.7 Å². The first kappa shape index (κ1) is 19.9. The van der Waals surface area contributed by atoms with E-state index in [4.69, 9.17) is 4.74 Å². The van der Waals surface area contributed by atoms with Crippen LogP contribution < -0.4 is 15.0 Å². The van der Waals surface area contributed by atoms with Crippen molar-refractivity contribution in [3.8, 4) is 5.75 Å². The predicted molar refractivity (Wildman–Crippen MR) is 106 cm³/mol. The van der Waals surface area contributed by atoms with E-state index in [1.807, 2.05) is 6.07 Å². The number of nitrogens with zero attached hydrogens (tertiary/aromatic N) is 1. The van der Waals surface area contributed by atoms with Crippen molar-refractivity contribution in [3.05, 3.63) is 59.9 Å². The number of halogens is 1. The van der Waals surface area contributed by atoms with Gasteiger partial charge < -0.3 is 15.0 Å². The molecule has 5 nitrogen and oxygen atoms in total. The number of para-hydroxylation sites is 1. The van der Waals surface area contributed by atoms with E-state index in [1.165, 1.54) is 12.1 Å². The lowest BCUT2D eigenvalue weighted by Crippen LogP contribution is -2.32. The quantitative estimate of drug-likeness (QED) is 0.669. The minimum Gasteiger partial charge on any atom is -0.494 e. The normalized spacial score (nSPS) is 13.1. The van der Waals surface area contributed by atoms with E-state index in [9.17, 15) is 14.0 Å². The van der Waals surface area contributed by atoms with E-state index in [1.54, 1.807) is 42.3 Å². The van der Waals surface area contributed by atoms with E-state index in [-0.39, 0.29) is 23.5 Å². The maximum atomic E-state index is 12.8. The average molecular weight is 384 g/mol. The maximum Gasteiger partial charge on any atom is 0.253 e. The smallest absolute Gasteiger partial charge is 0.253 e. The fraction of sp³-hybridized carbons (Fsp3) is 0.364. The summed E-state index contributed by atoms with van der Waals surface area (Å²) in [5, 5.41) is 2.90. The molecule has 1 saturated carbocycles. The van der Waals surface area contributed by atoms with E-state index in [0.29, 0.717) is 30.2 Å². The molecule has 1 fully saturated rings. The Morgan fingerprint density at radius 2 is 1.82 bits per heavy atom. The van der Waals surface area contributed by atoms with Crippen molar-refractivity contribution in [1.82, 2.24) is 5.32 Å². The third-order valence-electron chi connectivity index (χ3n) is 4.71. The Morgan fingerprint density at radius 3 is 2.54 bits per heavy atom. The first-order chi connectivity index (χ1) is 13.6. The van der Waals surface area contributed by atoms with Crippen molar-refractivity contribution < 1.29 is 18.7 Å². The molecule has 0 bridgehead atoms. The number of hydrogen-bond acceptors (Lipinski definition) is 3. The molecule has 3 rings (SSSR count). The van der Waals surface area contributed by atoms with Crippen LogP contribution in [0.4, 0.5) is 10.1 Å². The van der Waals surface area contributed by atoms with E-state index < -0.39 is 0 Å². The number of carbonyl (C=O) groups is 2. The van der Waals surface area contributed by atoms with Gasteiger partial charge in [0.2, 0.25) is 5.91 Å². The van der Waals surface area contributed by atoms with Gasteiger partial charge in [-0.15, -0.1) is 0 Å². The van der Waals surface area contributed by atoms with Crippen molar-refractivity contribution in [1.29, 1.82) is 0 Å². The van der Waals surface area contributed by atoms with Gasteiger partial charge >= 0.3 is 0 Å². The highest BCUT2D eigenvalue weighted by molar-refractivity contribution is 6.05. The highest BCUT2D eigenvalue weighted by Crippen LogP contribution is 2.33. The molecule has 148 valence electrons. The number of amides is 2. The molecule has 6 heteroatoms. The second-order valence-corrected chi connectivity index (χ2v) is 6.95. The van der Waals surface area contributed by atoms with Gasteiger partial charge in [0, 0.05) is 19.5 Å². The summed E-state index contributed by atoms with van der Waals surface area (Å²) in [5.74, 6) is 0.313. The zero-order valence-electron chi connectivity index (χ0n) is 16.0. The molecule has 0 radical (unpaired) electrons. The summed E-state index contributed by atoms with van der Waals surface area (Å²) < 4.78 is 18.4. The third kappa shape index (κ3) is 5.31. The zero-order chi connectivity index (χ0) is 19.9. The molecule has 0 aromatic heterocycles. The molecule has 0 spiro atoms. The molecule has 1 aliphatic carbocycles. The molecule has 2 aromatic carbocycles. The number of nitrogens with one attached hydrogen (secondary N) is 1. The predicted octanol–water partition coefficient (Wildman–Crippen LogP) is 3.79. The number of unbranched alkanes of at least 4 members (excludes halogenated alkanes) is 1. The van der Waals surface area contributed by atoms with Crippen molar-refractivity contribution in [2.75, 3.05) is 25.1 Å². The number of rotatable bonds is 9. The van der Waals surface area contributed by atoms with Gasteiger partial charge in [-0.1, -0.05) is 12.1 Å². The molecule has 2 amide bonds. The lowest BCUT2D eigenvalue weighted by atomic mass is 10.1. The van der Waals surface area contributed by atoms with E-state index in [0.717, 1.165) is 25.7 Å². The zero-order valence-corrected chi connectivity index (χ0v) is 16.0. The summed E-state index contributed by atoms with van der Waals surface area (Å²) >= 11 is 0. The fourth-order valence-electron chi connectivity index (χ4n) is 2.93. The van der Waals surface area contributed by atoms with Crippen LogP contribution in [0.1, 0.15) is 36.0 Å². The van der Waals surface area contributed by atoms with Crippen LogP contribution >= 0.6 is 0 Å². The van der Waals surface area contributed by atoms with Gasteiger partial charge in [-0.25, -0.2) is 4.39 Å². The van der Waals surface area contributed by atoms with Crippen molar-refractivity contribution in [2.24, 2.45) is 5.92 Å². The van der Waals surface area contributed by atoms with Gasteiger partial charge in [0.15, 0.2) is 0 Å². The van der Waals surface area contributed by atoms with Crippen LogP contribution in [0.25, 0.3) is 0 Å². The standard InChI is InChI=1S/C22H25FN2O3/c1-25(22(27)16-8-9-16)20-7-3-2-6-19(20)21(26)24-14-4-5-15-28-18-12-10-17(23)11-13-18/h2-3,6-7,10-13,16H,4-5,8-9,14-15H2,1H3,(H,24,26). The molecular formula is C22H25FN2O3. The van der Waals surface area contributed by atoms with Crippen LogP contribution in [0.5, 0.6) is 5.75 Å². The Bertz CT molecular complexity index is 819. The molecular weight excluding hydrogens is 359 g/mol. The lowest BCUT2D eigenvalue weighted by molar-refractivity contribution is -0.119. The second-order valence-electron chi connectivity index (χ2n) is 6.95. The third-order valence-corrected chi connectivity index (χ3v) is 4.71. The van der Waals surface area contributed by atoms with Gasteiger partial charge in [0.05, 0.1) is 17.9 Å². The van der Waals surface area contributed by atoms with Gasteiger partial charge in [0.25, 0.3) is 5.91 Å². The van der Waals surface area contributed by atoms with Crippen molar-refractivity contribution in [2.45, 2.75) is 25.7 Å². The first-order valence-electron chi connectivity index (χ1n) is 9.59. The Hall–Kier alpha value is -2.89. The molecule has 0 atom stereocenters. The van der Waals surface area contributed by atoms with Crippen LogP contribution in [0.15, 0.2) is 48.5 Å². The minimum atomic E-state index is -0.292. The summed E-state index contributed by atoms with van der Waals surface area (Å²) in [6, 6.07) is 13.1. The lowest BCUT2D eigenvalue weighted by Gasteiger charge is -2.20. The summed E-state index contributed by atoms with van der Waals surface area (Å²) in [5.41, 5.74) is 1.14. The highest BCUT2D eigenvalue weighted by atomic mass is 19.1. The summed E-state index contributed by atoms with van der Waals surface area (Å²) in [6.07, 6.45) is 3.38. The van der Waals surface area contributed by atoms with Crippen molar-refractivity contribution >= 4 is 17.5 Å². The summed E-state index contributed by atoms with van der Waals surface area (Å²) in [7, 11) is 1.72. The molecule has 28 heavy (non-hydrogen) atoms. The fourth-order valence-corrected chi connectivity index (χ4v) is 2.93. The van der Waals surface area contributed by atoms with Crippen molar-refractivity contribution in [3.63, 3.8) is 0 Å². The largest absolute Gasteiger partial charge is 0.494 e. The maximum absolute atomic E-state index is 12.8. The topological polar surface area (TPSA) is 58.6 Å². The molecule has 0 saturated heterocycles. The van der Waals surface area contributed by atoms with Gasteiger partial charge in [0.1, 0.15) is 11.6 Å². The molecule has 1 aliphatic rings. The van der Waals surface area contributed by atoms with Crippen LogP contribution in [0.3, 0.4) is 0 Å². The number of hydrogen-bond donors (Lipinski definition) is 1. The van der Waals surface area contributed by atoms with Crippen LogP contribution in [-0.4, -0.2) is 32.0 Å². The Morgan fingerprint density at radius 1 is 1.11 bits per heavy atom. The summed E-state index contributed by atoms with van der Waals surface area (Å²) in [6.45, 7) is 1.01. The molecule has 0 aliphatic heterocycles. The van der Waals surface area contributed by atoms with Crippen LogP contribution in [0.2, 0.25) is 0 Å². The number of benzene rings is 2. The van der Waals surface area contributed by atoms with Gasteiger partial charge in [-0.3, -0.25) is 9.59 Å².